The van der Waals surface area contributed by atoms with Crippen molar-refractivity contribution in [1.82, 2.24) is 14.8 Å². The fourth-order valence-corrected chi connectivity index (χ4v) is 6.36. The zero-order chi connectivity index (χ0) is 33.1. The van der Waals surface area contributed by atoms with Gasteiger partial charge in [-0.2, -0.15) is 18.9 Å². The third kappa shape index (κ3) is 7.35. The minimum atomic E-state index is -5.79. The molecule has 236 valence electrons. The molecule has 11 nitrogen and oxygen atoms in total. The standard InChI is InChI=1S/C30H22BrF2N4O7PS/c1-43-28(39)21-5-3-7-23(16-21)44-22-6-2-4-20(15-22)27-36-37(29(46-27)35-26(38)19-10-12-34-13-11-19)17-18-8-9-24(25(31)14-18)30(32,33)45(40,41)42/h2-16H,17H2,1H3,(H2,40,41,42)/b35-29+. The Morgan fingerprint density at radius 3 is 2.37 bits per heavy atom. The SMILES string of the molecule is COC(=O)c1cccc(Oc2cccc(-c3nn(Cc4ccc(C(F)(F)P(=O)(O)O)c(Br)c4)/c(=N\C(=O)c4ccncc4)s3)c2)c1. The van der Waals surface area contributed by atoms with Crippen LogP contribution in [-0.2, 0) is 21.5 Å². The van der Waals surface area contributed by atoms with Crippen LogP contribution in [-0.4, -0.2) is 43.5 Å². The molecular weight excluding hydrogens is 709 g/mol. The van der Waals surface area contributed by atoms with Gasteiger partial charge >= 0.3 is 19.2 Å². The number of rotatable bonds is 9. The lowest BCUT2D eigenvalue weighted by Gasteiger charge is -2.19. The zero-order valence-electron chi connectivity index (χ0n) is 23.6. The molecule has 0 unspecified atom stereocenters. The lowest BCUT2D eigenvalue weighted by Crippen LogP contribution is -2.20. The van der Waals surface area contributed by atoms with Gasteiger partial charge in [0.15, 0.2) is 0 Å². The highest BCUT2D eigenvalue weighted by Crippen LogP contribution is 2.60. The number of amides is 1. The van der Waals surface area contributed by atoms with Crippen LogP contribution in [0.25, 0.3) is 10.6 Å². The molecule has 46 heavy (non-hydrogen) atoms. The molecule has 0 aliphatic heterocycles. The number of hydrogen-bond acceptors (Lipinski definition) is 8. The minimum Gasteiger partial charge on any atom is -0.465 e. The molecule has 3 aromatic carbocycles. The summed E-state index contributed by atoms with van der Waals surface area (Å²) in [7, 11) is -4.50. The van der Waals surface area contributed by atoms with E-state index in [1.807, 2.05) is 0 Å². The van der Waals surface area contributed by atoms with Gasteiger partial charge in [-0.15, -0.1) is 0 Å². The fourth-order valence-electron chi connectivity index (χ4n) is 4.12. The number of methoxy groups -OCH3 is 1. The monoisotopic (exact) mass is 730 g/mol. The number of carbonyl (C=O) groups excluding carboxylic acids is 2. The number of esters is 1. The summed E-state index contributed by atoms with van der Waals surface area (Å²) in [5.41, 5.74) is -3.65. The third-order valence-electron chi connectivity index (χ3n) is 6.37. The molecule has 2 N–H and O–H groups in total. The molecule has 5 aromatic rings. The zero-order valence-corrected chi connectivity index (χ0v) is 26.9. The van der Waals surface area contributed by atoms with Crippen molar-refractivity contribution in [2.75, 3.05) is 7.11 Å². The maximum atomic E-state index is 14.4. The Hall–Kier alpha value is -4.40. The molecule has 0 aliphatic carbocycles. The summed E-state index contributed by atoms with van der Waals surface area (Å²) in [5, 5.41) is 5.07. The number of halogens is 3. The Balaban J connectivity index is 1.51. The number of hydrogen-bond donors (Lipinski definition) is 2. The van der Waals surface area contributed by atoms with Gasteiger partial charge in [0.05, 0.1) is 19.2 Å². The molecule has 0 saturated heterocycles. The van der Waals surface area contributed by atoms with E-state index in [4.69, 9.17) is 19.3 Å². The summed E-state index contributed by atoms with van der Waals surface area (Å²) >= 11 is 4.09. The van der Waals surface area contributed by atoms with E-state index in [0.29, 0.717) is 33.2 Å². The Kier molecular flexibility index (Phi) is 9.70. The van der Waals surface area contributed by atoms with Gasteiger partial charge in [0.1, 0.15) is 16.5 Å². The van der Waals surface area contributed by atoms with Gasteiger partial charge in [-0.05, 0) is 54.1 Å². The van der Waals surface area contributed by atoms with E-state index < -0.39 is 30.7 Å². The molecule has 5 rings (SSSR count). The van der Waals surface area contributed by atoms with Crippen molar-refractivity contribution >= 4 is 46.7 Å². The predicted molar refractivity (Wildman–Crippen MR) is 167 cm³/mol. The normalized spacial score (nSPS) is 12.2. The maximum Gasteiger partial charge on any atom is 0.399 e. The highest BCUT2D eigenvalue weighted by atomic mass is 79.9. The Morgan fingerprint density at radius 1 is 1.00 bits per heavy atom. The summed E-state index contributed by atoms with van der Waals surface area (Å²) in [6.45, 7) is -0.0319. The number of pyridine rings is 1. The van der Waals surface area contributed by atoms with Crippen molar-refractivity contribution in [2.45, 2.75) is 12.2 Å². The summed E-state index contributed by atoms with van der Waals surface area (Å²) in [6.07, 6.45) is 2.90. The van der Waals surface area contributed by atoms with Gasteiger partial charge in [0.25, 0.3) is 5.91 Å². The average Bonchev–Trinajstić information content (AvgIpc) is 3.42. The number of benzene rings is 3. The van der Waals surface area contributed by atoms with E-state index >= 15 is 0 Å². The van der Waals surface area contributed by atoms with Gasteiger partial charge in [-0.1, -0.05) is 57.6 Å². The first-order chi connectivity index (χ1) is 21.9. The maximum absolute atomic E-state index is 14.4. The van der Waals surface area contributed by atoms with Gasteiger partial charge < -0.3 is 19.3 Å². The second-order valence-electron chi connectivity index (χ2n) is 9.55. The van der Waals surface area contributed by atoms with E-state index in [1.54, 1.807) is 42.5 Å². The Labute approximate surface area is 272 Å². The van der Waals surface area contributed by atoms with Crippen LogP contribution in [0.15, 0.2) is 101 Å². The Bertz CT molecular complexity index is 2050. The fraction of sp³-hybridized carbons (Fsp3) is 0.100. The number of ether oxygens (including phenoxy) is 2. The largest absolute Gasteiger partial charge is 0.465 e. The summed E-state index contributed by atoms with van der Waals surface area (Å²) in [6, 6.07) is 19.9. The predicted octanol–water partition coefficient (Wildman–Crippen LogP) is 6.36. The number of aromatic nitrogens is 3. The van der Waals surface area contributed by atoms with Crippen LogP contribution in [0.4, 0.5) is 8.78 Å². The summed E-state index contributed by atoms with van der Waals surface area (Å²) in [4.78, 5) is 51.5. The van der Waals surface area contributed by atoms with E-state index in [1.165, 1.54) is 54.5 Å². The van der Waals surface area contributed by atoms with Crippen molar-refractivity contribution in [3.05, 3.63) is 123 Å². The quantitative estimate of drug-likeness (QED) is 0.130. The Morgan fingerprint density at radius 2 is 1.70 bits per heavy atom. The highest BCUT2D eigenvalue weighted by molar-refractivity contribution is 9.10. The molecule has 0 saturated carbocycles. The van der Waals surface area contributed by atoms with Crippen LogP contribution < -0.4 is 9.54 Å². The first-order valence-corrected chi connectivity index (χ1v) is 16.3. The lowest BCUT2D eigenvalue weighted by atomic mass is 10.1. The third-order valence-corrected chi connectivity index (χ3v) is 9.00. The van der Waals surface area contributed by atoms with Crippen LogP contribution >= 0.6 is 34.9 Å². The molecule has 2 heterocycles. The molecule has 0 bridgehead atoms. The van der Waals surface area contributed by atoms with Crippen LogP contribution in [0.1, 0.15) is 31.8 Å². The second-order valence-corrected chi connectivity index (χ2v) is 13.0. The van der Waals surface area contributed by atoms with Crippen LogP contribution in [0.3, 0.4) is 0 Å². The molecule has 0 fully saturated rings. The molecule has 0 radical (unpaired) electrons. The number of nitrogens with zero attached hydrogens (tertiary/aromatic N) is 4. The summed E-state index contributed by atoms with van der Waals surface area (Å²) < 4.78 is 52.1. The molecule has 0 spiro atoms. The topological polar surface area (TPSA) is 153 Å². The molecule has 0 aliphatic rings. The van der Waals surface area contributed by atoms with E-state index in [9.17, 15) is 22.9 Å². The first-order valence-electron chi connectivity index (χ1n) is 13.1. The molecule has 0 atom stereocenters. The van der Waals surface area contributed by atoms with Crippen molar-refractivity contribution in [2.24, 2.45) is 4.99 Å². The van der Waals surface area contributed by atoms with Crippen molar-refractivity contribution in [1.29, 1.82) is 0 Å². The smallest absolute Gasteiger partial charge is 0.399 e. The molecule has 16 heteroatoms. The molecular formula is C30H22BrF2N4O7PS. The van der Waals surface area contributed by atoms with Crippen molar-refractivity contribution in [3.63, 3.8) is 0 Å². The molecule has 1 amide bonds. The lowest BCUT2D eigenvalue weighted by molar-refractivity contribution is 0.0557. The van der Waals surface area contributed by atoms with Gasteiger partial charge in [0, 0.05) is 33.6 Å². The van der Waals surface area contributed by atoms with Crippen LogP contribution in [0.2, 0.25) is 0 Å². The second kappa shape index (κ2) is 13.5. The van der Waals surface area contributed by atoms with Gasteiger partial charge in [-0.3, -0.25) is 14.3 Å². The van der Waals surface area contributed by atoms with Gasteiger partial charge in [-0.25, -0.2) is 9.48 Å². The van der Waals surface area contributed by atoms with Crippen molar-refractivity contribution < 1.29 is 42.2 Å². The van der Waals surface area contributed by atoms with E-state index in [0.717, 1.165) is 17.4 Å². The first kappa shape index (κ1) is 33.0. The number of alkyl halides is 2. The van der Waals surface area contributed by atoms with E-state index in [-0.39, 0.29) is 21.4 Å². The number of carbonyl (C=O) groups is 2. The van der Waals surface area contributed by atoms with Crippen LogP contribution in [0, 0.1) is 0 Å². The van der Waals surface area contributed by atoms with Gasteiger partial charge in [0.2, 0.25) is 4.80 Å². The molecule has 2 aromatic heterocycles. The highest BCUT2D eigenvalue weighted by Gasteiger charge is 2.51. The minimum absolute atomic E-state index is 0.0319. The average molecular weight is 731 g/mol. The van der Waals surface area contributed by atoms with Crippen molar-refractivity contribution in [3.8, 4) is 22.1 Å². The van der Waals surface area contributed by atoms with Crippen LogP contribution in [0.5, 0.6) is 11.5 Å². The van der Waals surface area contributed by atoms with E-state index in [2.05, 4.69) is 31.0 Å². The summed E-state index contributed by atoms with van der Waals surface area (Å²) in [5.74, 6) is -0.252.